The van der Waals surface area contributed by atoms with Crippen LogP contribution in [0.3, 0.4) is 0 Å². The van der Waals surface area contributed by atoms with Crippen LogP contribution in [0.2, 0.25) is 0 Å². The van der Waals surface area contributed by atoms with Crippen molar-refractivity contribution in [2.24, 2.45) is 0 Å². The molecule has 1 aliphatic heterocycles. The first-order valence-electron chi connectivity index (χ1n) is 11.9. The molecule has 35 heavy (non-hydrogen) atoms. The summed E-state index contributed by atoms with van der Waals surface area (Å²) in [6.45, 7) is 6.15. The first kappa shape index (κ1) is 26.8. The quantitative estimate of drug-likeness (QED) is 0.224. The number of rotatable bonds is 13. The van der Waals surface area contributed by atoms with Gasteiger partial charge in [-0.2, -0.15) is 0 Å². The second kappa shape index (κ2) is 13.3. The van der Waals surface area contributed by atoms with E-state index in [1.54, 1.807) is 0 Å². The number of unbranched alkanes of at least 4 members (excludes halogenated alkanes) is 2. The maximum Gasteiger partial charge on any atom is 0.307 e. The van der Waals surface area contributed by atoms with E-state index in [0.29, 0.717) is 18.6 Å². The lowest BCUT2D eigenvalue weighted by Crippen LogP contribution is -2.25. The van der Waals surface area contributed by atoms with Crippen molar-refractivity contribution in [3.63, 3.8) is 0 Å². The summed E-state index contributed by atoms with van der Waals surface area (Å²) in [6.07, 6.45) is 3.31. The van der Waals surface area contributed by atoms with Gasteiger partial charge in [0.1, 0.15) is 18.5 Å². The lowest BCUT2D eigenvalue weighted by Gasteiger charge is -2.20. The molecule has 0 saturated carbocycles. The second-order valence-electron chi connectivity index (χ2n) is 8.66. The molecule has 2 atom stereocenters. The molecular weight excluding hydrogens is 466 g/mol. The molecule has 2 aromatic carbocycles. The first-order chi connectivity index (χ1) is 16.9. The predicted octanol–water partition coefficient (Wildman–Crippen LogP) is 5.42. The Morgan fingerprint density at radius 1 is 1.09 bits per heavy atom. The van der Waals surface area contributed by atoms with Crippen LogP contribution in [0.25, 0.3) is 0 Å². The fraction of sp³-hybridized carbons (Fsp3) is 0.444. The van der Waals surface area contributed by atoms with Crippen LogP contribution < -0.4 is 10.1 Å². The van der Waals surface area contributed by atoms with Crippen molar-refractivity contribution in [2.45, 2.75) is 64.2 Å². The summed E-state index contributed by atoms with van der Waals surface area (Å²) in [5.41, 5.74) is 3.94. The van der Waals surface area contributed by atoms with E-state index in [1.165, 1.54) is 0 Å². The summed E-state index contributed by atoms with van der Waals surface area (Å²) in [6, 6.07) is 13.7. The number of ether oxygens (including phenoxy) is 3. The largest absolute Gasteiger partial charge is 0.490 e. The van der Waals surface area contributed by atoms with Crippen molar-refractivity contribution in [3.05, 3.63) is 64.7 Å². The van der Waals surface area contributed by atoms with Crippen molar-refractivity contribution in [1.29, 1.82) is 0 Å². The monoisotopic (exact) mass is 499 g/mol. The van der Waals surface area contributed by atoms with Crippen molar-refractivity contribution in [1.82, 2.24) is 5.32 Å². The van der Waals surface area contributed by atoms with Crippen LogP contribution in [0.1, 0.15) is 61.0 Å². The molecule has 1 N–H and O–H groups in total. The SMILES string of the molecule is CCCCCC(=O)OCOC(COc1ccc(CC2SC(=O)NC2=O)cc1C)c1ccc(C)cc1. The van der Waals surface area contributed by atoms with Gasteiger partial charge in [0.05, 0.1) is 5.25 Å². The standard InChI is InChI=1S/C27H33NO6S/c1-4-5-6-7-25(29)34-17-33-23(21-11-8-18(2)9-12-21)16-32-22-13-10-20(14-19(22)3)15-24-26(30)28-27(31)35-24/h8-14,23-24H,4-7,15-17H2,1-3H3,(H,28,30,31). The molecule has 0 bridgehead atoms. The van der Waals surface area contributed by atoms with E-state index in [-0.39, 0.29) is 30.5 Å². The molecule has 0 radical (unpaired) electrons. The van der Waals surface area contributed by atoms with Gasteiger partial charge in [0.15, 0.2) is 6.79 Å². The number of carbonyl (C=O) groups is 3. The molecule has 0 aliphatic carbocycles. The Kier molecular flexibility index (Phi) is 10.2. The Morgan fingerprint density at radius 3 is 2.51 bits per heavy atom. The van der Waals surface area contributed by atoms with E-state index >= 15 is 0 Å². The number of amides is 2. The second-order valence-corrected chi connectivity index (χ2v) is 9.83. The van der Waals surface area contributed by atoms with Crippen LogP contribution in [0.15, 0.2) is 42.5 Å². The Morgan fingerprint density at radius 2 is 1.86 bits per heavy atom. The smallest absolute Gasteiger partial charge is 0.307 e. The van der Waals surface area contributed by atoms with Gasteiger partial charge in [-0.15, -0.1) is 0 Å². The Hall–Kier alpha value is -2.84. The summed E-state index contributed by atoms with van der Waals surface area (Å²) < 4.78 is 17.2. The van der Waals surface area contributed by atoms with E-state index in [0.717, 1.165) is 53.3 Å². The Bertz CT molecular complexity index is 1020. The molecule has 188 valence electrons. The van der Waals surface area contributed by atoms with Crippen LogP contribution in [-0.4, -0.2) is 35.8 Å². The van der Waals surface area contributed by atoms with Crippen LogP contribution in [0.5, 0.6) is 5.75 Å². The molecule has 1 heterocycles. The van der Waals surface area contributed by atoms with Crippen LogP contribution in [-0.2, 0) is 25.5 Å². The normalized spacial score (nSPS) is 16.1. The van der Waals surface area contributed by atoms with Gasteiger partial charge in [0, 0.05) is 6.42 Å². The third kappa shape index (κ3) is 8.40. The molecule has 1 aliphatic rings. The highest BCUT2D eigenvalue weighted by molar-refractivity contribution is 8.15. The molecule has 2 aromatic rings. The fourth-order valence-corrected chi connectivity index (χ4v) is 4.56. The number of aryl methyl sites for hydroxylation is 2. The Labute approximate surface area is 210 Å². The molecule has 8 heteroatoms. The number of nitrogens with one attached hydrogen (secondary N) is 1. The Balaban J connectivity index is 1.58. The van der Waals surface area contributed by atoms with E-state index < -0.39 is 11.4 Å². The first-order valence-corrected chi connectivity index (χ1v) is 12.8. The zero-order valence-corrected chi connectivity index (χ0v) is 21.3. The lowest BCUT2D eigenvalue weighted by molar-refractivity contribution is -0.163. The van der Waals surface area contributed by atoms with Gasteiger partial charge >= 0.3 is 5.97 Å². The third-order valence-corrected chi connectivity index (χ3v) is 6.72. The summed E-state index contributed by atoms with van der Waals surface area (Å²) in [4.78, 5) is 35.2. The zero-order chi connectivity index (χ0) is 25.2. The van der Waals surface area contributed by atoms with Crippen LogP contribution in [0, 0.1) is 13.8 Å². The molecule has 1 fully saturated rings. The number of esters is 1. The summed E-state index contributed by atoms with van der Waals surface area (Å²) in [7, 11) is 0. The van der Waals surface area contributed by atoms with Gasteiger partial charge in [0.2, 0.25) is 5.91 Å². The maximum absolute atomic E-state index is 11.9. The molecule has 0 aromatic heterocycles. The third-order valence-electron chi connectivity index (χ3n) is 5.74. The highest BCUT2D eigenvalue weighted by Crippen LogP contribution is 2.27. The van der Waals surface area contributed by atoms with Crippen LogP contribution >= 0.6 is 11.8 Å². The number of thioether (sulfide) groups is 1. The average molecular weight is 500 g/mol. The minimum atomic E-state index is -0.414. The van der Waals surface area contributed by atoms with Crippen molar-refractivity contribution in [2.75, 3.05) is 13.4 Å². The van der Waals surface area contributed by atoms with Crippen molar-refractivity contribution in [3.8, 4) is 5.75 Å². The molecule has 0 spiro atoms. The molecule has 7 nitrogen and oxygen atoms in total. The molecule has 2 unspecified atom stereocenters. The number of imide groups is 1. The molecule has 3 rings (SSSR count). The molecule has 1 saturated heterocycles. The zero-order valence-electron chi connectivity index (χ0n) is 20.5. The van der Waals surface area contributed by atoms with E-state index in [4.69, 9.17) is 14.2 Å². The fourth-order valence-electron chi connectivity index (χ4n) is 3.70. The van der Waals surface area contributed by atoms with Gasteiger partial charge in [0.25, 0.3) is 5.24 Å². The van der Waals surface area contributed by atoms with Gasteiger partial charge in [-0.05, 0) is 49.4 Å². The van der Waals surface area contributed by atoms with Gasteiger partial charge in [-0.25, -0.2) is 0 Å². The van der Waals surface area contributed by atoms with Gasteiger partial charge in [-0.3, -0.25) is 19.7 Å². The summed E-state index contributed by atoms with van der Waals surface area (Å²) in [5, 5.41) is 1.61. The van der Waals surface area contributed by atoms with E-state index in [1.807, 2.05) is 56.3 Å². The van der Waals surface area contributed by atoms with Crippen molar-refractivity contribution >= 4 is 28.9 Å². The minimum absolute atomic E-state index is 0.134. The average Bonchev–Trinajstić information content (AvgIpc) is 3.14. The highest BCUT2D eigenvalue weighted by Gasteiger charge is 2.31. The van der Waals surface area contributed by atoms with Crippen molar-refractivity contribution < 1.29 is 28.6 Å². The number of hydrogen-bond donors (Lipinski definition) is 1. The van der Waals surface area contributed by atoms with Gasteiger partial charge in [-0.1, -0.05) is 73.5 Å². The highest BCUT2D eigenvalue weighted by atomic mass is 32.2. The topological polar surface area (TPSA) is 90.9 Å². The minimum Gasteiger partial charge on any atom is -0.490 e. The summed E-state index contributed by atoms with van der Waals surface area (Å²) >= 11 is 1.02. The van der Waals surface area contributed by atoms with E-state index in [9.17, 15) is 14.4 Å². The van der Waals surface area contributed by atoms with E-state index in [2.05, 4.69) is 12.2 Å². The predicted molar refractivity (Wildman–Crippen MR) is 135 cm³/mol. The number of benzene rings is 2. The maximum atomic E-state index is 11.9. The lowest BCUT2D eigenvalue weighted by atomic mass is 10.1. The number of carbonyl (C=O) groups excluding carboxylic acids is 3. The van der Waals surface area contributed by atoms with Gasteiger partial charge < -0.3 is 14.2 Å². The number of hydrogen-bond acceptors (Lipinski definition) is 7. The molecule has 2 amide bonds. The van der Waals surface area contributed by atoms with Crippen LogP contribution in [0.4, 0.5) is 4.79 Å². The molecular formula is C27H33NO6S. The summed E-state index contributed by atoms with van der Waals surface area (Å²) in [5.74, 6) is 0.192.